The minimum atomic E-state index is -0.811. The van der Waals surface area contributed by atoms with E-state index in [0.717, 1.165) is 0 Å². The lowest BCUT2D eigenvalue weighted by atomic mass is 10.1. The minimum absolute atomic E-state index is 0.0356. The molecule has 3 N–H and O–H groups in total. The van der Waals surface area contributed by atoms with Gasteiger partial charge in [0.05, 0.1) is 24.1 Å². The van der Waals surface area contributed by atoms with Crippen LogP contribution in [0.1, 0.15) is 29.1 Å². The van der Waals surface area contributed by atoms with Crippen LogP contribution in [0, 0.1) is 0 Å². The van der Waals surface area contributed by atoms with Crippen molar-refractivity contribution < 1.29 is 23.3 Å². The highest BCUT2D eigenvalue weighted by Crippen LogP contribution is 2.19. The molecule has 3 aromatic rings. The van der Waals surface area contributed by atoms with E-state index in [1.165, 1.54) is 6.26 Å². The third-order valence-electron chi connectivity index (χ3n) is 4.36. The van der Waals surface area contributed by atoms with E-state index < -0.39 is 6.04 Å². The quantitative estimate of drug-likeness (QED) is 0.574. The number of hydrogen-bond donors (Lipinski definition) is 3. The van der Waals surface area contributed by atoms with Gasteiger partial charge in [0.2, 0.25) is 23.5 Å². The predicted octanol–water partition coefficient (Wildman–Crippen LogP) is 1.48. The molecule has 0 radical (unpaired) electrons. The molecule has 0 fully saturated rings. The van der Waals surface area contributed by atoms with Crippen LogP contribution in [0.15, 0.2) is 51.6 Å². The summed E-state index contributed by atoms with van der Waals surface area (Å²) in [4.78, 5) is 40.9. The smallest absolute Gasteiger partial charge is 0.254 e. The van der Waals surface area contributed by atoms with Crippen LogP contribution in [-0.4, -0.2) is 33.9 Å². The maximum atomic E-state index is 12.3. The van der Waals surface area contributed by atoms with Crippen molar-refractivity contribution in [1.82, 2.24) is 20.8 Å². The zero-order valence-electron chi connectivity index (χ0n) is 15.2. The maximum absolute atomic E-state index is 12.3. The topological polar surface area (TPSA) is 139 Å². The third kappa shape index (κ3) is 4.15. The average molecular weight is 395 g/mol. The second-order valence-corrected chi connectivity index (χ2v) is 6.37. The van der Waals surface area contributed by atoms with E-state index in [9.17, 15) is 14.4 Å². The summed E-state index contributed by atoms with van der Waals surface area (Å²) in [5.74, 6) is -0.0665. The average Bonchev–Trinajstić information content (AvgIpc) is 3.39. The number of nitrogens with one attached hydrogen (secondary N) is 3. The number of furan rings is 1. The second-order valence-electron chi connectivity index (χ2n) is 6.37. The molecule has 1 unspecified atom stereocenters. The van der Waals surface area contributed by atoms with Crippen LogP contribution in [0.2, 0.25) is 0 Å². The predicted molar refractivity (Wildman–Crippen MR) is 99.4 cm³/mol. The van der Waals surface area contributed by atoms with Gasteiger partial charge in [0.25, 0.3) is 5.91 Å². The number of fused-ring (bicyclic) bond motifs is 1. The number of carbonyl (C=O) groups is 3. The summed E-state index contributed by atoms with van der Waals surface area (Å²) < 4.78 is 10.2. The van der Waals surface area contributed by atoms with E-state index in [1.54, 1.807) is 36.4 Å². The number of anilines is 1. The summed E-state index contributed by atoms with van der Waals surface area (Å²) in [6.45, 7) is 0.0429. The van der Waals surface area contributed by atoms with Crippen LogP contribution < -0.4 is 16.0 Å². The van der Waals surface area contributed by atoms with E-state index >= 15 is 0 Å². The third-order valence-corrected chi connectivity index (χ3v) is 4.36. The van der Waals surface area contributed by atoms with E-state index in [-0.39, 0.29) is 48.8 Å². The molecular weight excluding hydrogens is 378 g/mol. The molecule has 10 nitrogen and oxygen atoms in total. The fourth-order valence-electron chi connectivity index (χ4n) is 2.89. The van der Waals surface area contributed by atoms with Crippen LogP contribution in [-0.2, 0) is 16.1 Å². The normalized spacial score (nSPS) is 15.8. The molecule has 0 bridgehead atoms. The molecule has 29 heavy (non-hydrogen) atoms. The standard InChI is InChI=1S/C19H17N5O5/c25-15(20-10-16-23-17(24-29-16)14-6-3-9-28-14)8-7-13-19(27)21-12-5-2-1-4-11(12)18(26)22-13/h1-6,9,13H,7-8,10H2,(H,20,25)(H,21,27)(H,22,26). The van der Waals surface area contributed by atoms with Crippen molar-refractivity contribution in [2.45, 2.75) is 25.4 Å². The number of benzene rings is 1. The molecule has 0 saturated carbocycles. The van der Waals surface area contributed by atoms with Gasteiger partial charge in [-0.15, -0.1) is 0 Å². The number of nitrogens with zero attached hydrogens (tertiary/aromatic N) is 2. The first-order valence-electron chi connectivity index (χ1n) is 8.94. The van der Waals surface area contributed by atoms with Gasteiger partial charge in [-0.25, -0.2) is 0 Å². The molecule has 4 rings (SSSR count). The Morgan fingerprint density at radius 2 is 2.03 bits per heavy atom. The molecule has 1 aromatic carbocycles. The van der Waals surface area contributed by atoms with E-state index in [0.29, 0.717) is 17.0 Å². The number of rotatable bonds is 6. The monoisotopic (exact) mass is 395 g/mol. The fraction of sp³-hybridized carbons (Fsp3) is 0.211. The van der Waals surface area contributed by atoms with Gasteiger partial charge in [-0.2, -0.15) is 4.98 Å². The summed E-state index contributed by atoms with van der Waals surface area (Å²) in [6, 6.07) is 9.31. The van der Waals surface area contributed by atoms with Gasteiger partial charge in [0.1, 0.15) is 6.04 Å². The Balaban J connectivity index is 1.28. The van der Waals surface area contributed by atoms with Crippen molar-refractivity contribution in [3.8, 4) is 11.6 Å². The number of amides is 3. The number of carbonyl (C=O) groups excluding carboxylic acids is 3. The molecule has 10 heteroatoms. The second kappa shape index (κ2) is 7.97. The van der Waals surface area contributed by atoms with Crippen LogP contribution in [0.3, 0.4) is 0 Å². The number of para-hydroxylation sites is 1. The van der Waals surface area contributed by atoms with Crippen molar-refractivity contribution in [3.63, 3.8) is 0 Å². The molecule has 0 aliphatic carbocycles. The molecule has 148 valence electrons. The molecule has 0 saturated heterocycles. The molecular formula is C19H17N5O5. The minimum Gasteiger partial charge on any atom is -0.461 e. The Hall–Kier alpha value is -3.95. The lowest BCUT2D eigenvalue weighted by Gasteiger charge is -2.14. The molecule has 2 aromatic heterocycles. The highest BCUT2D eigenvalue weighted by molar-refractivity contribution is 6.09. The Bertz CT molecular complexity index is 1040. The van der Waals surface area contributed by atoms with E-state index in [1.807, 2.05) is 0 Å². The van der Waals surface area contributed by atoms with Crippen molar-refractivity contribution >= 4 is 23.4 Å². The van der Waals surface area contributed by atoms with Crippen LogP contribution in [0.4, 0.5) is 5.69 Å². The summed E-state index contributed by atoms with van der Waals surface area (Å²) in [5, 5.41) is 11.8. The molecule has 0 spiro atoms. The van der Waals surface area contributed by atoms with Crippen molar-refractivity contribution in [2.75, 3.05) is 5.32 Å². The molecule has 3 amide bonds. The number of hydrogen-bond acceptors (Lipinski definition) is 7. The number of aromatic nitrogens is 2. The first kappa shape index (κ1) is 18.4. The fourth-order valence-corrected chi connectivity index (χ4v) is 2.89. The Morgan fingerprint density at radius 3 is 2.86 bits per heavy atom. The summed E-state index contributed by atoms with van der Waals surface area (Å²) in [7, 11) is 0. The SMILES string of the molecule is O=C(CCC1NC(=O)c2ccccc2NC1=O)NCc1nc(-c2ccco2)no1. The van der Waals surface area contributed by atoms with Gasteiger partial charge in [-0.3, -0.25) is 14.4 Å². The highest BCUT2D eigenvalue weighted by Gasteiger charge is 2.27. The first-order chi connectivity index (χ1) is 14.1. The van der Waals surface area contributed by atoms with Crippen LogP contribution in [0.5, 0.6) is 0 Å². The van der Waals surface area contributed by atoms with E-state index in [2.05, 4.69) is 26.1 Å². The first-order valence-corrected chi connectivity index (χ1v) is 8.94. The Kier molecular flexibility index (Phi) is 5.06. The summed E-state index contributed by atoms with van der Waals surface area (Å²) in [6.07, 6.45) is 1.68. The molecule has 1 aliphatic heterocycles. The molecule has 1 atom stereocenters. The van der Waals surface area contributed by atoms with Gasteiger partial charge in [-0.05, 0) is 30.7 Å². The Labute approximate surface area is 164 Å². The lowest BCUT2D eigenvalue weighted by Crippen LogP contribution is -2.42. The zero-order chi connectivity index (χ0) is 20.2. The Morgan fingerprint density at radius 1 is 1.17 bits per heavy atom. The van der Waals surface area contributed by atoms with E-state index in [4.69, 9.17) is 8.94 Å². The van der Waals surface area contributed by atoms with Crippen molar-refractivity contribution in [2.24, 2.45) is 0 Å². The largest absolute Gasteiger partial charge is 0.461 e. The molecule has 1 aliphatic rings. The van der Waals surface area contributed by atoms with Crippen LogP contribution >= 0.6 is 0 Å². The van der Waals surface area contributed by atoms with Crippen LogP contribution in [0.25, 0.3) is 11.6 Å². The van der Waals surface area contributed by atoms with Crippen molar-refractivity contribution in [1.29, 1.82) is 0 Å². The lowest BCUT2D eigenvalue weighted by molar-refractivity contribution is -0.122. The summed E-state index contributed by atoms with van der Waals surface area (Å²) >= 11 is 0. The highest BCUT2D eigenvalue weighted by atomic mass is 16.5. The van der Waals surface area contributed by atoms with Gasteiger partial charge < -0.3 is 24.9 Å². The van der Waals surface area contributed by atoms with Gasteiger partial charge >= 0.3 is 0 Å². The summed E-state index contributed by atoms with van der Waals surface area (Å²) in [5.41, 5.74) is 0.835. The molecule has 3 heterocycles. The van der Waals surface area contributed by atoms with Gasteiger partial charge in [-0.1, -0.05) is 17.3 Å². The van der Waals surface area contributed by atoms with Crippen molar-refractivity contribution in [3.05, 3.63) is 54.1 Å². The maximum Gasteiger partial charge on any atom is 0.254 e. The van der Waals surface area contributed by atoms with Gasteiger partial charge in [0, 0.05) is 6.42 Å². The van der Waals surface area contributed by atoms with Gasteiger partial charge in [0.15, 0.2) is 5.76 Å². The zero-order valence-corrected chi connectivity index (χ0v) is 15.2.